The SMILES string of the molecule is CCNC(=NCc1nc(C)c(C)o1)NCCN(CC)c1cccc(C)c1.I. The number of guanidine groups is 1. The predicted octanol–water partition coefficient (Wildman–Crippen LogP) is 3.80. The molecule has 0 fully saturated rings. The van der Waals surface area contributed by atoms with Gasteiger partial charge in [-0.2, -0.15) is 0 Å². The second-order valence-electron chi connectivity index (χ2n) is 6.29. The normalized spacial score (nSPS) is 11.1. The summed E-state index contributed by atoms with van der Waals surface area (Å²) in [6, 6.07) is 8.60. The summed E-state index contributed by atoms with van der Waals surface area (Å²) in [5.41, 5.74) is 3.45. The molecule has 0 amide bonds. The third-order valence-corrected chi connectivity index (χ3v) is 4.21. The van der Waals surface area contributed by atoms with Crippen LogP contribution in [0.2, 0.25) is 0 Å². The van der Waals surface area contributed by atoms with E-state index in [2.05, 4.69) is 70.5 Å². The van der Waals surface area contributed by atoms with Gasteiger partial charge in [0.15, 0.2) is 5.96 Å². The van der Waals surface area contributed by atoms with Crippen molar-refractivity contribution in [3.8, 4) is 0 Å². The van der Waals surface area contributed by atoms with Crippen LogP contribution in [0.1, 0.15) is 36.8 Å². The fourth-order valence-corrected chi connectivity index (χ4v) is 2.70. The highest BCUT2D eigenvalue weighted by atomic mass is 127. The first-order valence-electron chi connectivity index (χ1n) is 9.30. The predicted molar refractivity (Wildman–Crippen MR) is 123 cm³/mol. The third kappa shape index (κ3) is 7.40. The topological polar surface area (TPSA) is 65.7 Å². The van der Waals surface area contributed by atoms with Crippen LogP contribution in [0.3, 0.4) is 0 Å². The Labute approximate surface area is 179 Å². The van der Waals surface area contributed by atoms with Crippen LogP contribution in [0.25, 0.3) is 0 Å². The number of likely N-dealkylation sites (N-methyl/N-ethyl adjacent to an activating group) is 1. The van der Waals surface area contributed by atoms with Gasteiger partial charge < -0.3 is 20.0 Å². The van der Waals surface area contributed by atoms with Gasteiger partial charge in [-0.1, -0.05) is 12.1 Å². The molecule has 0 spiro atoms. The molecule has 0 aliphatic carbocycles. The minimum absolute atomic E-state index is 0. The quantitative estimate of drug-likeness (QED) is 0.338. The first-order valence-corrected chi connectivity index (χ1v) is 9.30. The van der Waals surface area contributed by atoms with Crippen LogP contribution in [0.15, 0.2) is 33.7 Å². The zero-order valence-corrected chi connectivity index (χ0v) is 19.3. The van der Waals surface area contributed by atoms with E-state index in [1.807, 2.05) is 13.8 Å². The van der Waals surface area contributed by atoms with Crippen molar-refractivity contribution in [1.29, 1.82) is 0 Å². The Hall–Kier alpha value is -1.77. The van der Waals surface area contributed by atoms with Crippen molar-refractivity contribution in [2.75, 3.05) is 31.1 Å². The van der Waals surface area contributed by atoms with Gasteiger partial charge in [0.05, 0.1) is 5.69 Å². The minimum atomic E-state index is 0. The second-order valence-corrected chi connectivity index (χ2v) is 6.29. The van der Waals surface area contributed by atoms with Gasteiger partial charge in [-0.3, -0.25) is 0 Å². The van der Waals surface area contributed by atoms with E-state index in [-0.39, 0.29) is 24.0 Å². The number of hydrogen-bond donors (Lipinski definition) is 2. The van der Waals surface area contributed by atoms with Crippen LogP contribution in [0.4, 0.5) is 5.69 Å². The molecule has 27 heavy (non-hydrogen) atoms. The Kier molecular flexibility index (Phi) is 10.2. The lowest BCUT2D eigenvalue weighted by molar-refractivity contribution is 0.473. The molecular weight excluding hydrogens is 453 g/mol. The molecule has 0 radical (unpaired) electrons. The smallest absolute Gasteiger partial charge is 0.216 e. The molecule has 0 unspecified atom stereocenters. The number of aryl methyl sites for hydroxylation is 3. The summed E-state index contributed by atoms with van der Waals surface area (Å²) in [6.45, 7) is 14.1. The lowest BCUT2D eigenvalue weighted by atomic mass is 10.2. The van der Waals surface area contributed by atoms with Crippen LogP contribution >= 0.6 is 24.0 Å². The maximum Gasteiger partial charge on any atom is 0.216 e. The Balaban J connectivity index is 0.00000364. The van der Waals surface area contributed by atoms with E-state index in [1.54, 1.807) is 0 Å². The monoisotopic (exact) mass is 485 g/mol. The van der Waals surface area contributed by atoms with Crippen LogP contribution in [-0.2, 0) is 6.54 Å². The number of aliphatic imine (C=N–C) groups is 1. The number of benzene rings is 1. The third-order valence-electron chi connectivity index (χ3n) is 4.21. The number of nitrogens with one attached hydrogen (secondary N) is 2. The molecular formula is C20H32IN5O. The number of oxazole rings is 1. The maximum absolute atomic E-state index is 5.59. The number of halogens is 1. The van der Waals surface area contributed by atoms with E-state index in [0.29, 0.717) is 12.4 Å². The fourth-order valence-electron chi connectivity index (χ4n) is 2.70. The van der Waals surface area contributed by atoms with Crippen molar-refractivity contribution in [2.45, 2.75) is 41.2 Å². The van der Waals surface area contributed by atoms with Crippen molar-refractivity contribution < 1.29 is 4.42 Å². The number of aromatic nitrogens is 1. The highest BCUT2D eigenvalue weighted by Crippen LogP contribution is 2.15. The fraction of sp³-hybridized carbons (Fsp3) is 0.500. The van der Waals surface area contributed by atoms with E-state index in [1.165, 1.54) is 11.3 Å². The maximum atomic E-state index is 5.59. The van der Waals surface area contributed by atoms with Crippen molar-refractivity contribution >= 4 is 35.6 Å². The molecule has 0 aliphatic rings. The van der Waals surface area contributed by atoms with E-state index in [9.17, 15) is 0 Å². The summed E-state index contributed by atoms with van der Waals surface area (Å²) >= 11 is 0. The molecule has 0 atom stereocenters. The van der Waals surface area contributed by atoms with Crippen molar-refractivity contribution in [2.24, 2.45) is 4.99 Å². The highest BCUT2D eigenvalue weighted by molar-refractivity contribution is 14.0. The second kappa shape index (κ2) is 11.8. The molecule has 1 aromatic heterocycles. The van der Waals surface area contributed by atoms with Gasteiger partial charge in [0.1, 0.15) is 12.3 Å². The van der Waals surface area contributed by atoms with Gasteiger partial charge in [-0.05, 0) is 52.3 Å². The lowest BCUT2D eigenvalue weighted by Crippen LogP contribution is -2.41. The summed E-state index contributed by atoms with van der Waals surface area (Å²) in [5.74, 6) is 2.28. The first-order chi connectivity index (χ1) is 12.5. The molecule has 0 aliphatic heterocycles. The molecule has 1 aromatic carbocycles. The molecule has 7 heteroatoms. The summed E-state index contributed by atoms with van der Waals surface area (Å²) in [7, 11) is 0. The van der Waals surface area contributed by atoms with Gasteiger partial charge in [0, 0.05) is 31.9 Å². The van der Waals surface area contributed by atoms with E-state index < -0.39 is 0 Å². The van der Waals surface area contributed by atoms with Gasteiger partial charge >= 0.3 is 0 Å². The number of rotatable bonds is 8. The molecule has 0 bridgehead atoms. The Morgan fingerprint density at radius 3 is 2.56 bits per heavy atom. The standard InChI is InChI=1S/C20H31N5O.HI/c1-6-21-20(23-14-19-24-16(4)17(5)26-19)22-11-12-25(7-2)18-10-8-9-15(3)13-18;/h8-10,13H,6-7,11-12,14H2,1-5H3,(H2,21,22,23);1H. The first kappa shape index (κ1) is 23.3. The minimum Gasteiger partial charge on any atom is -0.444 e. The van der Waals surface area contributed by atoms with Crippen molar-refractivity contribution in [3.05, 3.63) is 47.2 Å². The summed E-state index contributed by atoms with van der Waals surface area (Å²) in [4.78, 5) is 11.3. The van der Waals surface area contributed by atoms with Crippen molar-refractivity contribution in [3.63, 3.8) is 0 Å². The summed E-state index contributed by atoms with van der Waals surface area (Å²) in [5, 5.41) is 6.66. The summed E-state index contributed by atoms with van der Waals surface area (Å²) < 4.78 is 5.59. The van der Waals surface area contributed by atoms with E-state index in [4.69, 9.17) is 4.42 Å². The number of anilines is 1. The number of nitrogens with zero attached hydrogens (tertiary/aromatic N) is 3. The molecule has 2 aromatic rings. The van der Waals surface area contributed by atoms with E-state index >= 15 is 0 Å². The van der Waals surface area contributed by atoms with Crippen LogP contribution in [0, 0.1) is 20.8 Å². The zero-order valence-electron chi connectivity index (χ0n) is 17.0. The molecule has 0 saturated heterocycles. The average Bonchev–Trinajstić information content (AvgIpc) is 2.94. The molecule has 6 nitrogen and oxygen atoms in total. The lowest BCUT2D eigenvalue weighted by Gasteiger charge is -2.24. The molecule has 2 N–H and O–H groups in total. The van der Waals surface area contributed by atoms with Gasteiger partial charge in [0.2, 0.25) is 5.89 Å². The molecule has 2 rings (SSSR count). The average molecular weight is 485 g/mol. The molecule has 150 valence electrons. The zero-order chi connectivity index (χ0) is 18.9. The molecule has 0 saturated carbocycles. The van der Waals surface area contributed by atoms with E-state index in [0.717, 1.165) is 43.6 Å². The Bertz CT molecular complexity index is 709. The van der Waals surface area contributed by atoms with Crippen LogP contribution in [-0.4, -0.2) is 37.1 Å². The van der Waals surface area contributed by atoms with Gasteiger partial charge in [-0.15, -0.1) is 24.0 Å². The summed E-state index contributed by atoms with van der Waals surface area (Å²) in [6.07, 6.45) is 0. The number of hydrogen-bond acceptors (Lipinski definition) is 4. The van der Waals surface area contributed by atoms with Gasteiger partial charge in [-0.25, -0.2) is 9.98 Å². The van der Waals surface area contributed by atoms with Crippen LogP contribution in [0.5, 0.6) is 0 Å². The largest absolute Gasteiger partial charge is 0.444 e. The molecule has 1 heterocycles. The highest BCUT2D eigenvalue weighted by Gasteiger charge is 2.07. The van der Waals surface area contributed by atoms with Crippen molar-refractivity contribution in [1.82, 2.24) is 15.6 Å². The van der Waals surface area contributed by atoms with Gasteiger partial charge in [0.25, 0.3) is 0 Å². The Morgan fingerprint density at radius 2 is 1.96 bits per heavy atom. The Morgan fingerprint density at radius 1 is 1.19 bits per heavy atom. The van der Waals surface area contributed by atoms with Crippen LogP contribution < -0.4 is 15.5 Å².